The Morgan fingerprint density at radius 3 is 2.10 bits per heavy atom. The molecule has 2 aromatic rings. The van der Waals surface area contributed by atoms with E-state index in [1.165, 1.54) is 5.54 Å². The fourth-order valence-corrected chi connectivity index (χ4v) is 2.00. The van der Waals surface area contributed by atoms with Crippen molar-refractivity contribution in [3.8, 4) is 17.2 Å². The average molecular weight is 283 g/mol. The fourth-order valence-electron chi connectivity index (χ4n) is 2.00. The number of halogens is 1. The molecule has 106 valence electrons. The second kappa shape index (κ2) is 6.64. The van der Waals surface area contributed by atoms with Crippen molar-refractivity contribution in [3.05, 3.63) is 59.7 Å². The van der Waals surface area contributed by atoms with Gasteiger partial charge in [-0.2, -0.15) is 5.26 Å². The second-order valence-electron chi connectivity index (χ2n) is 4.63. The number of benzene rings is 2. The Bertz CT molecular complexity index is 659. The highest BCUT2D eigenvalue weighted by Gasteiger charge is 2.07. The lowest BCUT2D eigenvalue weighted by atomic mass is 10.0. The molecule has 0 aliphatic heterocycles. The topological polar surface area (TPSA) is 78.9 Å². The van der Waals surface area contributed by atoms with Crippen LogP contribution in [-0.4, -0.2) is 11.9 Å². The standard InChI is InChI=1S/C16H14FN3O/c17-20-15(10-18)9-11-1-3-12(4-2-11)13-5-7-14(8-6-13)16(19)21/h1-8,15,20H,9H2,(H2,19,21)/t15-/m0/s1. The summed E-state index contributed by atoms with van der Waals surface area (Å²) in [6, 6.07) is 15.4. The maximum absolute atomic E-state index is 12.3. The first-order valence-corrected chi connectivity index (χ1v) is 6.39. The molecule has 0 aliphatic rings. The summed E-state index contributed by atoms with van der Waals surface area (Å²) in [5.41, 5.74) is 9.90. The number of carbonyl (C=O) groups is 1. The largest absolute Gasteiger partial charge is 0.366 e. The van der Waals surface area contributed by atoms with Crippen LogP contribution in [-0.2, 0) is 6.42 Å². The summed E-state index contributed by atoms with van der Waals surface area (Å²) in [6.45, 7) is 0. The molecule has 2 aromatic carbocycles. The Balaban J connectivity index is 2.15. The quantitative estimate of drug-likeness (QED) is 0.827. The van der Waals surface area contributed by atoms with Crippen molar-refractivity contribution in [2.24, 2.45) is 5.73 Å². The summed E-state index contributed by atoms with van der Waals surface area (Å²) >= 11 is 0. The molecule has 2 rings (SSSR count). The van der Waals surface area contributed by atoms with Gasteiger partial charge in [0.15, 0.2) is 0 Å². The maximum atomic E-state index is 12.3. The molecule has 3 N–H and O–H groups in total. The Kier molecular flexibility index (Phi) is 4.64. The van der Waals surface area contributed by atoms with E-state index in [0.29, 0.717) is 12.0 Å². The average Bonchev–Trinajstić information content (AvgIpc) is 2.53. The zero-order valence-corrected chi connectivity index (χ0v) is 11.2. The van der Waals surface area contributed by atoms with Crippen LogP contribution in [0, 0.1) is 11.3 Å². The summed E-state index contributed by atoms with van der Waals surface area (Å²) in [5, 5.41) is 8.70. The highest BCUT2D eigenvalue weighted by atomic mass is 19.2. The van der Waals surface area contributed by atoms with Crippen LogP contribution < -0.4 is 11.3 Å². The molecule has 1 amide bonds. The molecule has 5 heteroatoms. The Morgan fingerprint density at radius 1 is 1.14 bits per heavy atom. The molecular formula is C16H14FN3O. The molecule has 0 aromatic heterocycles. The molecule has 4 nitrogen and oxygen atoms in total. The number of hydrogen-bond acceptors (Lipinski definition) is 3. The Hall–Kier alpha value is -2.71. The Labute approximate surface area is 121 Å². The van der Waals surface area contributed by atoms with Gasteiger partial charge in [0.1, 0.15) is 6.04 Å². The van der Waals surface area contributed by atoms with Crippen LogP contribution in [0.1, 0.15) is 15.9 Å². The number of nitriles is 1. The summed E-state index contributed by atoms with van der Waals surface area (Å²) in [5.74, 6) is -0.460. The van der Waals surface area contributed by atoms with Gasteiger partial charge in [-0.05, 0) is 28.8 Å². The number of amides is 1. The molecule has 0 saturated carbocycles. The zero-order chi connectivity index (χ0) is 15.2. The number of rotatable bonds is 5. The van der Waals surface area contributed by atoms with E-state index in [0.717, 1.165) is 16.7 Å². The number of carbonyl (C=O) groups excluding carboxylic acids is 1. The van der Waals surface area contributed by atoms with Crippen molar-refractivity contribution in [2.75, 3.05) is 0 Å². The van der Waals surface area contributed by atoms with Crippen molar-refractivity contribution in [3.63, 3.8) is 0 Å². The summed E-state index contributed by atoms with van der Waals surface area (Å²) < 4.78 is 12.3. The molecule has 21 heavy (non-hydrogen) atoms. The van der Waals surface area contributed by atoms with Gasteiger partial charge < -0.3 is 5.73 Å². The lowest BCUT2D eigenvalue weighted by Crippen LogP contribution is -2.21. The van der Waals surface area contributed by atoms with E-state index in [4.69, 9.17) is 11.0 Å². The molecule has 1 atom stereocenters. The predicted molar refractivity (Wildman–Crippen MR) is 77.7 cm³/mol. The normalized spacial score (nSPS) is 11.6. The first-order valence-electron chi connectivity index (χ1n) is 6.39. The van der Waals surface area contributed by atoms with E-state index < -0.39 is 11.9 Å². The van der Waals surface area contributed by atoms with E-state index in [1.54, 1.807) is 12.1 Å². The van der Waals surface area contributed by atoms with Crippen molar-refractivity contribution < 1.29 is 9.28 Å². The van der Waals surface area contributed by atoms with Gasteiger partial charge in [-0.25, -0.2) is 0 Å². The molecule has 0 unspecified atom stereocenters. The van der Waals surface area contributed by atoms with Crippen LogP contribution in [0.2, 0.25) is 0 Å². The number of nitrogens with one attached hydrogen (secondary N) is 1. The highest BCUT2D eigenvalue weighted by molar-refractivity contribution is 5.93. The lowest BCUT2D eigenvalue weighted by molar-refractivity contribution is 0.100. The minimum Gasteiger partial charge on any atom is -0.366 e. The van der Waals surface area contributed by atoms with Crippen molar-refractivity contribution in [1.29, 1.82) is 5.26 Å². The summed E-state index contributed by atoms with van der Waals surface area (Å²) in [7, 11) is 0. The van der Waals surface area contributed by atoms with Gasteiger partial charge >= 0.3 is 0 Å². The second-order valence-corrected chi connectivity index (χ2v) is 4.63. The van der Waals surface area contributed by atoms with Crippen molar-refractivity contribution in [1.82, 2.24) is 5.54 Å². The van der Waals surface area contributed by atoms with E-state index in [9.17, 15) is 9.28 Å². The highest BCUT2D eigenvalue weighted by Crippen LogP contribution is 2.20. The SMILES string of the molecule is N#C[C@H](Cc1ccc(-c2ccc(C(N)=O)cc2)cc1)NF. The smallest absolute Gasteiger partial charge is 0.248 e. The van der Waals surface area contributed by atoms with E-state index in [1.807, 2.05) is 42.5 Å². The zero-order valence-electron chi connectivity index (χ0n) is 11.2. The minimum absolute atomic E-state index is 0.299. The summed E-state index contributed by atoms with van der Waals surface area (Å²) in [4.78, 5) is 11.0. The molecular weight excluding hydrogens is 269 g/mol. The van der Waals surface area contributed by atoms with Crippen LogP contribution in [0.15, 0.2) is 48.5 Å². The van der Waals surface area contributed by atoms with Crippen LogP contribution in [0.4, 0.5) is 4.48 Å². The molecule has 0 heterocycles. The van der Waals surface area contributed by atoms with Gasteiger partial charge in [-0.1, -0.05) is 36.4 Å². The maximum Gasteiger partial charge on any atom is 0.248 e. The summed E-state index contributed by atoms with van der Waals surface area (Å²) in [6.07, 6.45) is 0.299. The van der Waals surface area contributed by atoms with Gasteiger partial charge in [0.25, 0.3) is 0 Å². The number of nitrogens with two attached hydrogens (primary N) is 1. The number of primary amides is 1. The van der Waals surface area contributed by atoms with Crippen LogP contribution in [0.3, 0.4) is 0 Å². The van der Waals surface area contributed by atoms with E-state index in [-0.39, 0.29) is 0 Å². The van der Waals surface area contributed by atoms with Crippen LogP contribution in [0.25, 0.3) is 11.1 Å². The predicted octanol–water partition coefficient (Wildman–Crippen LogP) is 2.36. The first-order chi connectivity index (χ1) is 10.1. The van der Waals surface area contributed by atoms with E-state index >= 15 is 0 Å². The molecule has 0 saturated heterocycles. The van der Waals surface area contributed by atoms with Gasteiger partial charge in [0, 0.05) is 12.0 Å². The third kappa shape index (κ3) is 3.65. The third-order valence-corrected chi connectivity index (χ3v) is 3.18. The van der Waals surface area contributed by atoms with Gasteiger partial charge in [-0.15, -0.1) is 10.0 Å². The van der Waals surface area contributed by atoms with E-state index in [2.05, 4.69) is 0 Å². The van der Waals surface area contributed by atoms with Crippen LogP contribution in [0.5, 0.6) is 0 Å². The lowest BCUT2D eigenvalue weighted by Gasteiger charge is -2.07. The van der Waals surface area contributed by atoms with Gasteiger partial charge in [-0.3, -0.25) is 4.79 Å². The molecule has 0 fully saturated rings. The molecule has 0 spiro atoms. The third-order valence-electron chi connectivity index (χ3n) is 3.18. The molecule has 0 bridgehead atoms. The fraction of sp³-hybridized carbons (Fsp3) is 0.125. The molecule has 0 radical (unpaired) electrons. The van der Waals surface area contributed by atoms with Crippen molar-refractivity contribution >= 4 is 5.91 Å². The minimum atomic E-state index is -0.842. The first kappa shape index (κ1) is 14.7. The van der Waals surface area contributed by atoms with Crippen molar-refractivity contribution in [2.45, 2.75) is 12.5 Å². The molecule has 0 aliphatic carbocycles. The monoisotopic (exact) mass is 283 g/mol. The van der Waals surface area contributed by atoms with Crippen LogP contribution >= 0.6 is 0 Å². The number of hydrogen-bond donors (Lipinski definition) is 2. The Morgan fingerprint density at radius 2 is 1.67 bits per heavy atom. The van der Waals surface area contributed by atoms with Gasteiger partial charge in [0.2, 0.25) is 5.91 Å². The van der Waals surface area contributed by atoms with Gasteiger partial charge in [0.05, 0.1) is 6.07 Å². The number of nitrogens with zero attached hydrogens (tertiary/aromatic N) is 1.